The zero-order chi connectivity index (χ0) is 12.1. The van der Waals surface area contributed by atoms with Crippen LogP contribution in [0.15, 0.2) is 22.8 Å². The summed E-state index contributed by atoms with van der Waals surface area (Å²) in [5.41, 5.74) is 2.49. The number of nitrogens with one attached hydrogen (secondary N) is 1. The summed E-state index contributed by atoms with van der Waals surface area (Å²) in [7, 11) is 0. The van der Waals surface area contributed by atoms with E-state index in [1.807, 2.05) is 12.1 Å². The maximum absolute atomic E-state index is 5.32. The number of nitrogens with two attached hydrogens (primary N) is 1. The molecular formula is C10H15N5OS. The fourth-order valence-corrected chi connectivity index (χ4v) is 2.16. The minimum Gasteiger partial charge on any atom is -0.468 e. The molecular weight excluding hydrogens is 238 g/mol. The average molecular weight is 253 g/mol. The van der Waals surface area contributed by atoms with Crippen molar-refractivity contribution in [2.75, 3.05) is 12.0 Å². The normalized spacial score (nSPS) is 11.0. The van der Waals surface area contributed by atoms with Gasteiger partial charge in [-0.1, -0.05) is 18.3 Å². The lowest BCUT2D eigenvalue weighted by Gasteiger charge is -2.16. The van der Waals surface area contributed by atoms with Gasteiger partial charge in [-0.2, -0.15) is 0 Å². The summed E-state index contributed by atoms with van der Waals surface area (Å²) in [5.74, 6) is 6.22. The zero-order valence-electron chi connectivity index (χ0n) is 9.59. The summed E-state index contributed by atoms with van der Waals surface area (Å²) >= 11 is 1.46. The molecule has 0 spiro atoms. The van der Waals surface area contributed by atoms with Crippen LogP contribution >= 0.6 is 11.3 Å². The Morgan fingerprint density at radius 3 is 2.94 bits per heavy atom. The van der Waals surface area contributed by atoms with E-state index in [0.717, 1.165) is 30.4 Å². The standard InChI is InChI=1S/C10H15N5OS/c1-2-15(6-8-4-3-5-16-8)7-9-13-14-10(12-11)17-9/h3-5H,2,6-7,11H2,1H3,(H,12,14). The molecule has 2 rings (SSSR count). The Morgan fingerprint density at radius 2 is 2.35 bits per heavy atom. The topological polar surface area (TPSA) is 80.2 Å². The molecule has 2 heterocycles. The van der Waals surface area contributed by atoms with Crippen molar-refractivity contribution >= 4 is 16.5 Å². The molecule has 92 valence electrons. The number of hydrogen-bond acceptors (Lipinski definition) is 7. The number of aromatic nitrogens is 2. The van der Waals surface area contributed by atoms with E-state index >= 15 is 0 Å². The molecule has 0 unspecified atom stereocenters. The minimum absolute atomic E-state index is 0.633. The third kappa shape index (κ3) is 3.26. The highest BCUT2D eigenvalue weighted by Gasteiger charge is 2.10. The zero-order valence-corrected chi connectivity index (χ0v) is 10.4. The van der Waals surface area contributed by atoms with Gasteiger partial charge in [0.15, 0.2) is 0 Å². The predicted molar refractivity (Wildman–Crippen MR) is 66.2 cm³/mol. The quantitative estimate of drug-likeness (QED) is 0.599. The lowest BCUT2D eigenvalue weighted by molar-refractivity contribution is 0.247. The summed E-state index contributed by atoms with van der Waals surface area (Å²) in [6.45, 7) is 4.54. The SMILES string of the molecule is CCN(Cc1ccco1)Cc1nnc(NN)s1. The van der Waals surface area contributed by atoms with Crippen LogP contribution in [0, 0.1) is 0 Å². The Balaban J connectivity index is 1.95. The highest BCUT2D eigenvalue weighted by atomic mass is 32.1. The van der Waals surface area contributed by atoms with Crippen molar-refractivity contribution in [2.24, 2.45) is 5.84 Å². The number of hydrogen-bond donors (Lipinski definition) is 2. The van der Waals surface area contributed by atoms with Crippen LogP contribution in [0.3, 0.4) is 0 Å². The molecule has 17 heavy (non-hydrogen) atoms. The van der Waals surface area contributed by atoms with Crippen LogP contribution in [-0.2, 0) is 13.1 Å². The number of nitrogens with zero attached hydrogens (tertiary/aromatic N) is 3. The summed E-state index contributed by atoms with van der Waals surface area (Å²) in [5, 5.41) is 9.53. The van der Waals surface area contributed by atoms with Gasteiger partial charge in [-0.25, -0.2) is 5.84 Å². The minimum atomic E-state index is 0.633. The molecule has 6 nitrogen and oxygen atoms in total. The first-order valence-electron chi connectivity index (χ1n) is 5.35. The Morgan fingerprint density at radius 1 is 1.47 bits per heavy atom. The number of hydrazine groups is 1. The van der Waals surface area contributed by atoms with Crippen molar-refractivity contribution in [3.63, 3.8) is 0 Å². The van der Waals surface area contributed by atoms with Crippen molar-refractivity contribution in [3.8, 4) is 0 Å². The van der Waals surface area contributed by atoms with Gasteiger partial charge in [0.05, 0.1) is 19.4 Å². The highest BCUT2D eigenvalue weighted by Crippen LogP contribution is 2.16. The van der Waals surface area contributed by atoms with E-state index in [0.29, 0.717) is 5.13 Å². The van der Waals surface area contributed by atoms with Gasteiger partial charge in [-0.15, -0.1) is 10.2 Å². The number of anilines is 1. The van der Waals surface area contributed by atoms with Gasteiger partial charge in [0.1, 0.15) is 10.8 Å². The second-order valence-corrected chi connectivity index (χ2v) is 4.59. The first-order valence-corrected chi connectivity index (χ1v) is 6.17. The first kappa shape index (κ1) is 12.0. The monoisotopic (exact) mass is 253 g/mol. The molecule has 0 aromatic carbocycles. The Labute approximate surface area is 103 Å². The molecule has 0 atom stereocenters. The van der Waals surface area contributed by atoms with Crippen LogP contribution in [0.4, 0.5) is 5.13 Å². The molecule has 0 radical (unpaired) electrons. The summed E-state index contributed by atoms with van der Waals surface area (Å²) < 4.78 is 5.32. The third-order valence-corrected chi connectivity index (χ3v) is 3.20. The van der Waals surface area contributed by atoms with E-state index in [1.54, 1.807) is 6.26 Å². The van der Waals surface area contributed by atoms with Gasteiger partial charge >= 0.3 is 0 Å². The molecule has 0 aliphatic rings. The number of furan rings is 1. The average Bonchev–Trinajstić information content (AvgIpc) is 2.99. The van der Waals surface area contributed by atoms with Crippen LogP contribution in [0.2, 0.25) is 0 Å². The molecule has 0 aliphatic heterocycles. The lowest BCUT2D eigenvalue weighted by atomic mass is 10.4. The summed E-state index contributed by atoms with van der Waals surface area (Å²) in [6.07, 6.45) is 1.69. The van der Waals surface area contributed by atoms with E-state index in [9.17, 15) is 0 Å². The number of nitrogen functional groups attached to an aromatic ring is 1. The molecule has 2 aromatic rings. The molecule has 0 saturated heterocycles. The van der Waals surface area contributed by atoms with Gasteiger partial charge in [0, 0.05) is 0 Å². The fourth-order valence-electron chi connectivity index (χ4n) is 1.47. The van der Waals surface area contributed by atoms with Gasteiger partial charge in [0.25, 0.3) is 0 Å². The van der Waals surface area contributed by atoms with E-state index in [4.69, 9.17) is 10.3 Å². The van der Waals surface area contributed by atoms with Gasteiger partial charge < -0.3 is 4.42 Å². The maximum Gasteiger partial charge on any atom is 0.219 e. The molecule has 0 saturated carbocycles. The molecule has 0 bridgehead atoms. The first-order chi connectivity index (χ1) is 8.31. The fraction of sp³-hybridized carbons (Fsp3) is 0.400. The maximum atomic E-state index is 5.32. The van der Waals surface area contributed by atoms with Gasteiger partial charge in [-0.3, -0.25) is 10.3 Å². The van der Waals surface area contributed by atoms with Crippen LogP contribution in [0.1, 0.15) is 17.7 Å². The second kappa shape index (κ2) is 5.76. The molecule has 0 fully saturated rings. The van der Waals surface area contributed by atoms with Crippen molar-refractivity contribution in [1.82, 2.24) is 15.1 Å². The van der Waals surface area contributed by atoms with Gasteiger partial charge in [-0.05, 0) is 18.7 Å². The second-order valence-electron chi connectivity index (χ2n) is 3.53. The molecule has 0 aliphatic carbocycles. The Hall–Kier alpha value is -1.44. The predicted octanol–water partition coefficient (Wildman–Crippen LogP) is 1.44. The van der Waals surface area contributed by atoms with Crippen molar-refractivity contribution in [3.05, 3.63) is 29.2 Å². The largest absolute Gasteiger partial charge is 0.468 e. The van der Waals surface area contributed by atoms with Crippen molar-refractivity contribution < 1.29 is 4.42 Å². The lowest BCUT2D eigenvalue weighted by Crippen LogP contribution is -2.21. The highest BCUT2D eigenvalue weighted by molar-refractivity contribution is 7.15. The summed E-state index contributed by atoms with van der Waals surface area (Å²) in [6, 6.07) is 3.86. The van der Waals surface area contributed by atoms with E-state index < -0.39 is 0 Å². The Bertz CT molecular complexity index is 441. The van der Waals surface area contributed by atoms with Crippen molar-refractivity contribution in [1.29, 1.82) is 0 Å². The Kier molecular flexibility index (Phi) is 4.08. The van der Waals surface area contributed by atoms with Gasteiger partial charge in [0.2, 0.25) is 5.13 Å². The van der Waals surface area contributed by atoms with Crippen LogP contribution in [-0.4, -0.2) is 21.6 Å². The van der Waals surface area contributed by atoms with E-state index in [1.165, 1.54) is 11.3 Å². The summed E-state index contributed by atoms with van der Waals surface area (Å²) in [4.78, 5) is 2.22. The third-order valence-electron chi connectivity index (χ3n) is 2.36. The molecule has 7 heteroatoms. The van der Waals surface area contributed by atoms with E-state index in [2.05, 4.69) is 27.4 Å². The number of rotatable bonds is 6. The van der Waals surface area contributed by atoms with Crippen LogP contribution in [0.25, 0.3) is 0 Å². The van der Waals surface area contributed by atoms with Crippen molar-refractivity contribution in [2.45, 2.75) is 20.0 Å². The molecule has 3 N–H and O–H groups in total. The smallest absolute Gasteiger partial charge is 0.219 e. The molecule has 0 amide bonds. The van der Waals surface area contributed by atoms with Crippen LogP contribution in [0.5, 0.6) is 0 Å². The van der Waals surface area contributed by atoms with E-state index in [-0.39, 0.29) is 0 Å². The van der Waals surface area contributed by atoms with Crippen LogP contribution < -0.4 is 11.3 Å². The molecule has 2 aromatic heterocycles.